The van der Waals surface area contributed by atoms with Gasteiger partial charge in [0.15, 0.2) is 0 Å². The third kappa shape index (κ3) is 3.57. The van der Waals surface area contributed by atoms with E-state index in [-0.39, 0.29) is 18.6 Å². The number of nitrogens with zero attached hydrogens (tertiary/aromatic N) is 2. The first-order valence-corrected chi connectivity index (χ1v) is 8.37. The van der Waals surface area contributed by atoms with E-state index in [1.807, 2.05) is 42.1 Å². The fraction of sp³-hybridized carbons (Fsp3) is 0.500. The van der Waals surface area contributed by atoms with Crippen LogP contribution in [0.4, 0.5) is 0 Å². The minimum atomic E-state index is -0.0364. The highest BCUT2D eigenvalue weighted by molar-refractivity contribution is 5.98. The molecule has 2 heterocycles. The quantitative estimate of drug-likeness (QED) is 0.884. The van der Waals surface area contributed by atoms with Crippen LogP contribution in [0.2, 0.25) is 0 Å². The molecule has 1 aliphatic heterocycles. The van der Waals surface area contributed by atoms with Crippen LogP contribution in [0.25, 0.3) is 10.9 Å². The molecule has 1 aromatic heterocycles. The Morgan fingerprint density at radius 3 is 3.04 bits per heavy atom. The molecular formula is C18H25N3O2. The summed E-state index contributed by atoms with van der Waals surface area (Å²) < 4.78 is 2.02. The summed E-state index contributed by atoms with van der Waals surface area (Å²) in [5.74, 6) is -0.0364. The second kappa shape index (κ2) is 7.15. The maximum Gasteiger partial charge on any atom is 0.251 e. The number of rotatable bonds is 5. The van der Waals surface area contributed by atoms with Crippen LogP contribution in [0.3, 0.4) is 0 Å². The molecule has 5 nitrogen and oxygen atoms in total. The number of amides is 1. The van der Waals surface area contributed by atoms with Crippen molar-refractivity contribution in [1.29, 1.82) is 0 Å². The standard InChI is InChI=1S/C18H25N3O2/c1-20-10-7-14-5-6-15(12-17(14)20)18(23)19-8-11-21-9-3-2-4-16(21)13-22/h5-7,10,12,16,22H,2-4,8-9,11,13H2,1H3,(H,19,23)/t16-/m1/s1. The van der Waals surface area contributed by atoms with E-state index < -0.39 is 0 Å². The average Bonchev–Trinajstić information content (AvgIpc) is 2.96. The largest absolute Gasteiger partial charge is 0.395 e. The zero-order valence-electron chi connectivity index (χ0n) is 13.7. The lowest BCUT2D eigenvalue weighted by atomic mass is 10.0. The molecule has 1 atom stereocenters. The molecule has 23 heavy (non-hydrogen) atoms. The summed E-state index contributed by atoms with van der Waals surface area (Å²) in [5, 5.41) is 13.6. The van der Waals surface area contributed by atoms with Crippen LogP contribution in [0, 0.1) is 0 Å². The normalized spacial score (nSPS) is 19.1. The maximum absolute atomic E-state index is 12.3. The monoisotopic (exact) mass is 315 g/mol. The van der Waals surface area contributed by atoms with Gasteiger partial charge in [-0.15, -0.1) is 0 Å². The number of piperidine rings is 1. The number of carbonyl (C=O) groups is 1. The van der Waals surface area contributed by atoms with Crippen molar-refractivity contribution in [2.75, 3.05) is 26.2 Å². The summed E-state index contributed by atoms with van der Waals surface area (Å²) >= 11 is 0. The summed E-state index contributed by atoms with van der Waals surface area (Å²) in [5.41, 5.74) is 1.76. The van der Waals surface area contributed by atoms with Crippen molar-refractivity contribution in [2.24, 2.45) is 7.05 Å². The second-order valence-corrected chi connectivity index (χ2v) is 6.32. The number of aliphatic hydroxyl groups excluding tert-OH is 1. The van der Waals surface area contributed by atoms with Crippen LogP contribution < -0.4 is 5.32 Å². The van der Waals surface area contributed by atoms with Crippen LogP contribution in [0.5, 0.6) is 0 Å². The van der Waals surface area contributed by atoms with Gasteiger partial charge in [0.2, 0.25) is 0 Å². The van der Waals surface area contributed by atoms with E-state index >= 15 is 0 Å². The van der Waals surface area contributed by atoms with Gasteiger partial charge in [-0.1, -0.05) is 12.5 Å². The van der Waals surface area contributed by atoms with Crippen LogP contribution in [-0.4, -0.2) is 52.8 Å². The first-order valence-electron chi connectivity index (χ1n) is 8.37. The predicted octanol–water partition coefficient (Wildman–Crippen LogP) is 1.75. The van der Waals surface area contributed by atoms with Crippen molar-refractivity contribution in [1.82, 2.24) is 14.8 Å². The number of likely N-dealkylation sites (tertiary alicyclic amines) is 1. The number of hydrogen-bond acceptors (Lipinski definition) is 3. The van der Waals surface area contributed by atoms with E-state index in [0.29, 0.717) is 12.1 Å². The highest BCUT2D eigenvalue weighted by atomic mass is 16.3. The zero-order chi connectivity index (χ0) is 16.2. The van der Waals surface area contributed by atoms with Crippen molar-refractivity contribution in [2.45, 2.75) is 25.3 Å². The molecule has 124 valence electrons. The fourth-order valence-electron chi connectivity index (χ4n) is 3.38. The molecule has 2 N–H and O–H groups in total. The van der Waals surface area contributed by atoms with Gasteiger partial charge in [0, 0.05) is 43.5 Å². The molecule has 0 unspecified atom stereocenters. The number of benzene rings is 1. The lowest BCUT2D eigenvalue weighted by Crippen LogP contribution is -2.45. The molecule has 1 amide bonds. The Labute approximate surface area is 136 Å². The van der Waals surface area contributed by atoms with Crippen LogP contribution >= 0.6 is 0 Å². The summed E-state index contributed by atoms with van der Waals surface area (Å²) in [6.45, 7) is 2.62. The molecule has 1 aliphatic rings. The molecule has 0 radical (unpaired) electrons. The Kier molecular flexibility index (Phi) is 4.98. The van der Waals surface area contributed by atoms with Gasteiger partial charge in [-0.25, -0.2) is 0 Å². The number of aryl methyl sites for hydroxylation is 1. The minimum absolute atomic E-state index is 0.0364. The Hall–Kier alpha value is -1.85. The molecule has 0 aliphatic carbocycles. The Morgan fingerprint density at radius 2 is 2.22 bits per heavy atom. The molecule has 1 saturated heterocycles. The molecular weight excluding hydrogens is 290 g/mol. The highest BCUT2D eigenvalue weighted by Gasteiger charge is 2.21. The van der Waals surface area contributed by atoms with Crippen LogP contribution in [0.1, 0.15) is 29.6 Å². The van der Waals surface area contributed by atoms with Gasteiger partial charge in [0.25, 0.3) is 5.91 Å². The van der Waals surface area contributed by atoms with Crippen molar-refractivity contribution in [3.63, 3.8) is 0 Å². The van der Waals surface area contributed by atoms with Gasteiger partial charge in [-0.2, -0.15) is 0 Å². The van der Waals surface area contributed by atoms with Crippen LogP contribution in [0.15, 0.2) is 30.5 Å². The van der Waals surface area contributed by atoms with E-state index in [9.17, 15) is 9.90 Å². The summed E-state index contributed by atoms with van der Waals surface area (Å²) in [4.78, 5) is 14.6. The average molecular weight is 315 g/mol. The number of aliphatic hydroxyl groups is 1. The van der Waals surface area contributed by atoms with E-state index in [1.54, 1.807) is 0 Å². The Balaban J connectivity index is 1.56. The Bertz CT molecular complexity index is 680. The molecule has 1 fully saturated rings. The van der Waals surface area contributed by atoms with Gasteiger partial charge in [-0.3, -0.25) is 9.69 Å². The number of fused-ring (bicyclic) bond motifs is 1. The number of hydrogen-bond donors (Lipinski definition) is 2. The zero-order valence-corrected chi connectivity index (χ0v) is 13.7. The summed E-state index contributed by atoms with van der Waals surface area (Å²) in [6.07, 6.45) is 5.41. The number of aromatic nitrogens is 1. The molecule has 5 heteroatoms. The molecule has 3 rings (SSSR count). The van der Waals surface area contributed by atoms with E-state index in [0.717, 1.165) is 30.4 Å². The van der Waals surface area contributed by atoms with E-state index in [4.69, 9.17) is 0 Å². The predicted molar refractivity (Wildman–Crippen MR) is 91.6 cm³/mol. The molecule has 0 bridgehead atoms. The first kappa shape index (κ1) is 16.0. The topological polar surface area (TPSA) is 57.5 Å². The lowest BCUT2D eigenvalue weighted by Gasteiger charge is -2.34. The minimum Gasteiger partial charge on any atom is -0.395 e. The van der Waals surface area contributed by atoms with Crippen molar-refractivity contribution in [3.05, 3.63) is 36.0 Å². The summed E-state index contributed by atoms with van der Waals surface area (Å²) in [6, 6.07) is 8.08. The molecule has 0 saturated carbocycles. The third-order valence-corrected chi connectivity index (χ3v) is 4.79. The first-order chi connectivity index (χ1) is 11.2. The van der Waals surface area contributed by atoms with Crippen molar-refractivity contribution in [3.8, 4) is 0 Å². The summed E-state index contributed by atoms with van der Waals surface area (Å²) in [7, 11) is 1.98. The van der Waals surface area contributed by atoms with Gasteiger partial charge < -0.3 is 15.0 Å². The van der Waals surface area contributed by atoms with Crippen LogP contribution in [-0.2, 0) is 7.05 Å². The molecule has 0 spiro atoms. The molecule has 2 aromatic rings. The number of carbonyl (C=O) groups excluding carboxylic acids is 1. The smallest absolute Gasteiger partial charge is 0.251 e. The van der Waals surface area contributed by atoms with Gasteiger partial charge in [0.05, 0.1) is 6.61 Å². The molecule has 1 aromatic carbocycles. The van der Waals surface area contributed by atoms with E-state index in [2.05, 4.69) is 10.2 Å². The van der Waals surface area contributed by atoms with E-state index in [1.165, 1.54) is 12.8 Å². The van der Waals surface area contributed by atoms with Gasteiger partial charge in [-0.05, 0) is 43.0 Å². The SMILES string of the molecule is Cn1ccc2ccc(C(=O)NCCN3CCCC[C@@H]3CO)cc21. The fourth-order valence-corrected chi connectivity index (χ4v) is 3.38. The van der Waals surface area contributed by atoms with Crippen molar-refractivity contribution < 1.29 is 9.90 Å². The number of nitrogens with one attached hydrogen (secondary N) is 1. The second-order valence-electron chi connectivity index (χ2n) is 6.32. The highest BCUT2D eigenvalue weighted by Crippen LogP contribution is 2.17. The van der Waals surface area contributed by atoms with Crippen molar-refractivity contribution >= 4 is 16.8 Å². The maximum atomic E-state index is 12.3. The Morgan fingerprint density at radius 1 is 1.35 bits per heavy atom. The van der Waals surface area contributed by atoms with Gasteiger partial charge in [0.1, 0.15) is 0 Å². The third-order valence-electron chi connectivity index (χ3n) is 4.79. The lowest BCUT2D eigenvalue weighted by molar-refractivity contribution is 0.0849. The van der Waals surface area contributed by atoms with Gasteiger partial charge >= 0.3 is 0 Å².